The number of rotatable bonds is 8. The summed E-state index contributed by atoms with van der Waals surface area (Å²) in [7, 11) is 1.36. The van der Waals surface area contributed by atoms with Crippen molar-refractivity contribution in [3.8, 4) is 22.4 Å². The summed E-state index contributed by atoms with van der Waals surface area (Å²) < 4.78 is 4.93. The topological polar surface area (TPSA) is 136 Å². The highest BCUT2D eigenvalue weighted by molar-refractivity contribution is 7.14. The molecular formula is C28H27N5O4S. The number of esters is 1. The van der Waals surface area contributed by atoms with E-state index in [1.807, 2.05) is 41.8 Å². The van der Waals surface area contributed by atoms with Gasteiger partial charge in [-0.15, -0.1) is 11.3 Å². The first kappa shape index (κ1) is 26.5. The monoisotopic (exact) mass is 529 g/mol. The van der Waals surface area contributed by atoms with Crippen LogP contribution in [0.1, 0.15) is 29.9 Å². The van der Waals surface area contributed by atoms with E-state index in [1.165, 1.54) is 18.4 Å². The molecule has 9 nitrogen and oxygen atoms in total. The summed E-state index contributed by atoms with van der Waals surface area (Å²) in [5.41, 5.74) is 9.70. The molecule has 2 aromatic heterocycles. The highest BCUT2D eigenvalue weighted by Crippen LogP contribution is 2.31. The summed E-state index contributed by atoms with van der Waals surface area (Å²) in [6.07, 6.45) is 1.67. The second-order valence-corrected chi connectivity index (χ2v) is 9.88. The molecule has 0 aliphatic carbocycles. The SMILES string of the molecule is COC(=O)C(C)(C)c1cc(-c2cccc(-c3csc(NC(=O)CNC(=O)c4ccc(N)cc4)n3)c2)ccn1. The van der Waals surface area contributed by atoms with Crippen LogP contribution in [0.15, 0.2) is 72.2 Å². The Balaban J connectivity index is 1.43. The van der Waals surface area contributed by atoms with E-state index < -0.39 is 5.41 Å². The van der Waals surface area contributed by atoms with Crippen LogP contribution >= 0.6 is 11.3 Å². The summed E-state index contributed by atoms with van der Waals surface area (Å²) in [5, 5.41) is 7.56. The molecule has 0 fully saturated rings. The van der Waals surface area contributed by atoms with Crippen LogP contribution in [-0.2, 0) is 19.7 Å². The molecule has 4 N–H and O–H groups in total. The second kappa shape index (κ2) is 11.2. The van der Waals surface area contributed by atoms with Crippen LogP contribution in [0, 0.1) is 0 Å². The largest absolute Gasteiger partial charge is 0.468 e. The Morgan fingerprint density at radius 2 is 1.71 bits per heavy atom. The molecule has 0 saturated carbocycles. The molecule has 10 heteroatoms. The van der Waals surface area contributed by atoms with E-state index in [2.05, 4.69) is 20.6 Å². The zero-order valence-corrected chi connectivity index (χ0v) is 22.0. The Morgan fingerprint density at radius 1 is 1.00 bits per heavy atom. The third-order valence-corrected chi connectivity index (χ3v) is 6.68. The van der Waals surface area contributed by atoms with Gasteiger partial charge in [0, 0.05) is 28.4 Å². The fraction of sp³-hybridized carbons (Fsp3) is 0.179. The van der Waals surface area contributed by atoms with Crippen molar-refractivity contribution in [2.75, 3.05) is 24.7 Å². The fourth-order valence-electron chi connectivity index (χ4n) is 3.69. The standard InChI is InChI=1S/C28H27N5O4S/c1-28(2,26(36)37-3)23-14-19(11-12-30-23)18-5-4-6-20(13-18)22-16-38-27(32-22)33-24(34)15-31-25(35)17-7-9-21(29)10-8-17/h4-14,16H,15,29H2,1-3H3,(H,31,35)(H,32,33,34). The lowest BCUT2D eigenvalue weighted by Crippen LogP contribution is -2.32. The van der Waals surface area contributed by atoms with Gasteiger partial charge in [0.1, 0.15) is 5.41 Å². The molecule has 2 heterocycles. The predicted molar refractivity (Wildman–Crippen MR) is 148 cm³/mol. The number of carbonyl (C=O) groups excluding carboxylic acids is 3. The molecule has 0 unspecified atom stereocenters. The lowest BCUT2D eigenvalue weighted by molar-refractivity contribution is -0.146. The van der Waals surface area contributed by atoms with Crippen LogP contribution in [0.25, 0.3) is 22.4 Å². The van der Waals surface area contributed by atoms with Gasteiger partial charge >= 0.3 is 5.97 Å². The number of amides is 2. The molecule has 4 aromatic rings. The summed E-state index contributed by atoms with van der Waals surface area (Å²) in [6, 6.07) is 18.0. The number of hydrogen-bond acceptors (Lipinski definition) is 8. The van der Waals surface area contributed by atoms with E-state index in [9.17, 15) is 14.4 Å². The molecular weight excluding hydrogens is 502 g/mol. The first-order chi connectivity index (χ1) is 18.2. The first-order valence-electron chi connectivity index (χ1n) is 11.7. The van der Waals surface area contributed by atoms with Crippen molar-refractivity contribution in [2.24, 2.45) is 0 Å². The van der Waals surface area contributed by atoms with Crippen LogP contribution in [0.5, 0.6) is 0 Å². The number of benzene rings is 2. The highest BCUT2D eigenvalue weighted by Gasteiger charge is 2.32. The highest BCUT2D eigenvalue weighted by atomic mass is 32.1. The van der Waals surface area contributed by atoms with Gasteiger partial charge < -0.3 is 21.1 Å². The van der Waals surface area contributed by atoms with Gasteiger partial charge in [0.15, 0.2) is 5.13 Å². The number of pyridine rings is 1. The van der Waals surface area contributed by atoms with E-state index >= 15 is 0 Å². The van der Waals surface area contributed by atoms with E-state index in [0.29, 0.717) is 27.8 Å². The Kier molecular flexibility index (Phi) is 7.82. The first-order valence-corrected chi connectivity index (χ1v) is 12.6. The maximum atomic E-state index is 12.4. The Labute approximate surface area is 224 Å². The Morgan fingerprint density at radius 3 is 2.45 bits per heavy atom. The van der Waals surface area contributed by atoms with Gasteiger partial charge in [-0.2, -0.15) is 0 Å². The predicted octanol–water partition coefficient (Wildman–Crippen LogP) is 4.27. The van der Waals surface area contributed by atoms with Crippen molar-refractivity contribution in [1.29, 1.82) is 0 Å². The van der Waals surface area contributed by atoms with Crippen molar-refractivity contribution in [1.82, 2.24) is 15.3 Å². The summed E-state index contributed by atoms with van der Waals surface area (Å²) >= 11 is 1.29. The summed E-state index contributed by atoms with van der Waals surface area (Å²) in [4.78, 5) is 45.7. The van der Waals surface area contributed by atoms with E-state index in [-0.39, 0.29) is 24.3 Å². The molecule has 2 aromatic carbocycles. The lowest BCUT2D eigenvalue weighted by Gasteiger charge is -2.21. The molecule has 0 saturated heterocycles. The minimum atomic E-state index is -0.890. The smallest absolute Gasteiger partial charge is 0.317 e. The molecule has 0 spiro atoms. The molecule has 0 radical (unpaired) electrons. The van der Waals surface area contributed by atoms with Gasteiger partial charge in [-0.1, -0.05) is 18.2 Å². The molecule has 194 valence electrons. The molecule has 38 heavy (non-hydrogen) atoms. The summed E-state index contributed by atoms with van der Waals surface area (Å²) in [6.45, 7) is 3.35. The maximum absolute atomic E-state index is 12.4. The number of nitrogens with one attached hydrogen (secondary N) is 2. The Bertz CT molecular complexity index is 1480. The number of nitrogen functional groups attached to an aromatic ring is 1. The van der Waals surface area contributed by atoms with Crippen molar-refractivity contribution in [2.45, 2.75) is 19.3 Å². The van der Waals surface area contributed by atoms with Gasteiger partial charge in [-0.25, -0.2) is 4.98 Å². The molecule has 0 aliphatic heterocycles. The van der Waals surface area contributed by atoms with Crippen LogP contribution in [0.3, 0.4) is 0 Å². The van der Waals surface area contributed by atoms with Gasteiger partial charge in [-0.05, 0) is 67.4 Å². The number of nitrogens with zero attached hydrogens (tertiary/aromatic N) is 2. The quantitative estimate of drug-likeness (QED) is 0.229. The lowest BCUT2D eigenvalue weighted by atomic mass is 9.87. The van der Waals surface area contributed by atoms with Gasteiger partial charge in [0.25, 0.3) is 5.91 Å². The minimum absolute atomic E-state index is 0.195. The normalized spacial score (nSPS) is 11.0. The zero-order valence-electron chi connectivity index (χ0n) is 21.1. The average molecular weight is 530 g/mol. The maximum Gasteiger partial charge on any atom is 0.317 e. The van der Waals surface area contributed by atoms with Crippen LogP contribution < -0.4 is 16.4 Å². The van der Waals surface area contributed by atoms with Crippen LogP contribution in [0.2, 0.25) is 0 Å². The van der Waals surface area contributed by atoms with Crippen LogP contribution in [-0.4, -0.2) is 41.4 Å². The fourth-order valence-corrected chi connectivity index (χ4v) is 4.43. The number of anilines is 2. The van der Waals surface area contributed by atoms with Gasteiger partial charge in [0.05, 0.1) is 25.0 Å². The summed E-state index contributed by atoms with van der Waals surface area (Å²) in [5.74, 6) is -1.12. The molecule has 2 amide bonds. The number of nitrogens with two attached hydrogens (primary N) is 1. The number of carbonyl (C=O) groups is 3. The van der Waals surface area contributed by atoms with Gasteiger partial charge in [-0.3, -0.25) is 19.4 Å². The Hall–Kier alpha value is -4.57. The van der Waals surface area contributed by atoms with Gasteiger partial charge in [0.2, 0.25) is 5.91 Å². The number of ether oxygens (including phenoxy) is 1. The zero-order chi connectivity index (χ0) is 27.3. The average Bonchev–Trinajstić information content (AvgIpc) is 3.40. The van der Waals surface area contributed by atoms with E-state index in [1.54, 1.807) is 44.3 Å². The molecule has 0 atom stereocenters. The van der Waals surface area contributed by atoms with Crippen molar-refractivity contribution in [3.63, 3.8) is 0 Å². The number of hydrogen-bond donors (Lipinski definition) is 3. The molecule has 0 aliphatic rings. The third-order valence-electron chi connectivity index (χ3n) is 5.92. The minimum Gasteiger partial charge on any atom is -0.468 e. The van der Waals surface area contributed by atoms with E-state index in [0.717, 1.165) is 16.7 Å². The van der Waals surface area contributed by atoms with Crippen molar-refractivity contribution >= 4 is 39.9 Å². The molecule has 0 bridgehead atoms. The van der Waals surface area contributed by atoms with E-state index in [4.69, 9.17) is 10.5 Å². The number of methoxy groups -OCH3 is 1. The number of thiazole rings is 1. The third kappa shape index (κ3) is 6.04. The van der Waals surface area contributed by atoms with Crippen molar-refractivity contribution in [3.05, 3.63) is 83.5 Å². The van der Waals surface area contributed by atoms with Crippen LogP contribution in [0.4, 0.5) is 10.8 Å². The van der Waals surface area contributed by atoms with Crippen molar-refractivity contribution < 1.29 is 19.1 Å². The second-order valence-electron chi connectivity index (χ2n) is 9.02. The molecule has 4 rings (SSSR count). The number of aromatic nitrogens is 2.